The minimum absolute atomic E-state index is 0.0146. The van der Waals surface area contributed by atoms with E-state index in [0.29, 0.717) is 22.9 Å². The van der Waals surface area contributed by atoms with Crippen molar-refractivity contribution in [3.05, 3.63) is 44.5 Å². The SMILES string of the molecule is COc1nc2nn(-c3c(F)cc(C4(F)CC4)cc3Br)cc2c(=O)[nH]1. The van der Waals surface area contributed by atoms with Crippen LogP contribution in [0, 0.1) is 5.82 Å². The molecule has 9 heteroatoms. The molecule has 124 valence electrons. The summed E-state index contributed by atoms with van der Waals surface area (Å²) in [5.41, 5.74) is -1.39. The Hall–Kier alpha value is -2.29. The van der Waals surface area contributed by atoms with Crippen LogP contribution in [-0.2, 0) is 5.67 Å². The molecule has 0 unspecified atom stereocenters. The number of fused-ring (bicyclic) bond motifs is 1. The lowest BCUT2D eigenvalue weighted by Gasteiger charge is -2.11. The molecule has 3 aromatic rings. The van der Waals surface area contributed by atoms with Gasteiger partial charge in [0.2, 0.25) is 0 Å². The molecule has 0 atom stereocenters. The van der Waals surface area contributed by atoms with Gasteiger partial charge in [-0.15, -0.1) is 5.10 Å². The smallest absolute Gasteiger partial charge is 0.298 e. The predicted molar refractivity (Wildman–Crippen MR) is 85.7 cm³/mol. The average Bonchev–Trinajstić information content (AvgIpc) is 3.14. The molecule has 1 aromatic carbocycles. The van der Waals surface area contributed by atoms with E-state index in [-0.39, 0.29) is 22.7 Å². The van der Waals surface area contributed by atoms with E-state index in [4.69, 9.17) is 4.74 Å². The van der Waals surface area contributed by atoms with Crippen molar-refractivity contribution < 1.29 is 13.5 Å². The molecule has 2 aromatic heterocycles. The lowest BCUT2D eigenvalue weighted by molar-refractivity contribution is 0.316. The number of rotatable bonds is 3. The van der Waals surface area contributed by atoms with Crippen LogP contribution in [0.1, 0.15) is 18.4 Å². The van der Waals surface area contributed by atoms with E-state index in [2.05, 4.69) is 31.0 Å². The fourth-order valence-electron chi connectivity index (χ4n) is 2.55. The van der Waals surface area contributed by atoms with Crippen molar-refractivity contribution in [1.29, 1.82) is 0 Å². The molecule has 0 spiro atoms. The maximum atomic E-state index is 14.5. The first-order valence-corrected chi connectivity index (χ1v) is 7.93. The average molecular weight is 397 g/mol. The molecule has 1 N–H and O–H groups in total. The highest BCUT2D eigenvalue weighted by Gasteiger charge is 2.45. The fraction of sp³-hybridized carbons (Fsp3) is 0.267. The van der Waals surface area contributed by atoms with Gasteiger partial charge >= 0.3 is 0 Å². The van der Waals surface area contributed by atoms with E-state index in [1.807, 2.05) is 0 Å². The molecule has 1 fully saturated rings. The topological polar surface area (TPSA) is 72.8 Å². The zero-order chi connectivity index (χ0) is 17.1. The maximum Gasteiger partial charge on any atom is 0.298 e. The number of benzene rings is 1. The molecule has 0 bridgehead atoms. The van der Waals surface area contributed by atoms with Crippen LogP contribution in [0.4, 0.5) is 8.78 Å². The van der Waals surface area contributed by atoms with Crippen LogP contribution in [0.2, 0.25) is 0 Å². The lowest BCUT2D eigenvalue weighted by Crippen LogP contribution is -2.08. The molecular formula is C15H11BrF2N4O2. The van der Waals surface area contributed by atoms with Gasteiger partial charge < -0.3 is 4.74 Å². The summed E-state index contributed by atoms with van der Waals surface area (Å²) in [6.07, 6.45) is 2.15. The second-order valence-electron chi connectivity index (χ2n) is 5.64. The Morgan fingerprint density at radius 2 is 2.17 bits per heavy atom. The normalized spacial score (nSPS) is 15.7. The standard InChI is InChI=1S/C15H11BrF2N4O2/c1-24-14-19-12-8(13(23)20-14)6-22(21-12)11-9(16)4-7(5-10(11)17)15(18)2-3-15/h4-6H,2-3H2,1H3,(H,19,20,21,23). The van der Waals surface area contributed by atoms with Gasteiger partial charge in [0, 0.05) is 10.7 Å². The Labute approximate surface area is 142 Å². The molecule has 1 saturated carbocycles. The number of ether oxygens (including phenoxy) is 1. The maximum absolute atomic E-state index is 14.5. The number of nitrogens with zero attached hydrogens (tertiary/aromatic N) is 3. The van der Waals surface area contributed by atoms with Gasteiger partial charge in [-0.1, -0.05) is 0 Å². The first-order valence-electron chi connectivity index (χ1n) is 7.14. The molecule has 1 aliphatic carbocycles. The molecule has 0 amide bonds. The number of nitrogens with one attached hydrogen (secondary N) is 1. The first kappa shape index (κ1) is 15.3. The molecule has 1 aliphatic rings. The van der Waals surface area contributed by atoms with E-state index < -0.39 is 17.0 Å². The zero-order valence-corrected chi connectivity index (χ0v) is 14.0. The predicted octanol–water partition coefficient (Wildman–Crippen LogP) is 2.98. The first-order chi connectivity index (χ1) is 11.4. The summed E-state index contributed by atoms with van der Waals surface area (Å²) in [6, 6.07) is 2.72. The van der Waals surface area contributed by atoms with Gasteiger partial charge in [0.25, 0.3) is 11.6 Å². The van der Waals surface area contributed by atoms with Gasteiger partial charge in [-0.25, -0.2) is 13.5 Å². The summed E-state index contributed by atoms with van der Waals surface area (Å²) < 4.78 is 35.1. The highest BCUT2D eigenvalue weighted by atomic mass is 79.9. The molecule has 2 heterocycles. The highest BCUT2D eigenvalue weighted by Crippen LogP contribution is 2.50. The van der Waals surface area contributed by atoms with Crippen LogP contribution < -0.4 is 10.3 Å². The van der Waals surface area contributed by atoms with Crippen LogP contribution in [0.15, 0.2) is 27.6 Å². The van der Waals surface area contributed by atoms with Crippen molar-refractivity contribution in [2.45, 2.75) is 18.5 Å². The zero-order valence-electron chi connectivity index (χ0n) is 12.4. The van der Waals surface area contributed by atoms with Crippen molar-refractivity contribution in [2.75, 3.05) is 7.11 Å². The van der Waals surface area contributed by atoms with Gasteiger partial charge in [0.1, 0.15) is 22.6 Å². The van der Waals surface area contributed by atoms with E-state index in [1.165, 1.54) is 24.1 Å². The minimum Gasteiger partial charge on any atom is -0.468 e. The van der Waals surface area contributed by atoms with E-state index >= 15 is 0 Å². The summed E-state index contributed by atoms with van der Waals surface area (Å²) in [4.78, 5) is 18.4. The minimum atomic E-state index is -1.44. The van der Waals surface area contributed by atoms with Crippen molar-refractivity contribution in [1.82, 2.24) is 19.7 Å². The third-order valence-corrected chi connectivity index (χ3v) is 4.62. The summed E-state index contributed by atoms with van der Waals surface area (Å²) >= 11 is 3.26. The third kappa shape index (κ3) is 2.31. The third-order valence-electron chi connectivity index (χ3n) is 4.01. The van der Waals surface area contributed by atoms with Crippen LogP contribution in [-0.4, -0.2) is 26.9 Å². The van der Waals surface area contributed by atoms with Crippen LogP contribution in [0.25, 0.3) is 16.7 Å². The van der Waals surface area contributed by atoms with Gasteiger partial charge in [-0.3, -0.25) is 9.78 Å². The van der Waals surface area contributed by atoms with Crippen LogP contribution >= 0.6 is 15.9 Å². The van der Waals surface area contributed by atoms with E-state index in [0.717, 1.165) is 6.07 Å². The Balaban J connectivity index is 1.88. The number of hydrogen-bond donors (Lipinski definition) is 1. The van der Waals surface area contributed by atoms with Crippen LogP contribution in [0.5, 0.6) is 6.01 Å². The van der Waals surface area contributed by atoms with Gasteiger partial charge in [0.05, 0.1) is 7.11 Å². The van der Waals surface area contributed by atoms with Gasteiger partial charge in [-0.05, 0) is 46.5 Å². The molecule has 0 radical (unpaired) electrons. The van der Waals surface area contributed by atoms with Gasteiger partial charge in [-0.2, -0.15) is 4.98 Å². The molecule has 4 rings (SSSR count). The van der Waals surface area contributed by atoms with Crippen molar-refractivity contribution in [3.8, 4) is 11.7 Å². The molecular weight excluding hydrogens is 386 g/mol. The Morgan fingerprint density at radius 3 is 2.79 bits per heavy atom. The second-order valence-corrected chi connectivity index (χ2v) is 6.49. The van der Waals surface area contributed by atoms with Crippen molar-refractivity contribution >= 4 is 27.0 Å². The van der Waals surface area contributed by atoms with E-state index in [9.17, 15) is 13.6 Å². The number of H-pyrrole nitrogens is 1. The summed E-state index contributed by atoms with van der Waals surface area (Å²) in [6.45, 7) is 0. The second kappa shape index (κ2) is 5.10. The number of halogens is 3. The number of methoxy groups -OCH3 is 1. The summed E-state index contributed by atoms with van der Waals surface area (Å²) in [7, 11) is 1.36. The van der Waals surface area contributed by atoms with Crippen LogP contribution in [0.3, 0.4) is 0 Å². The van der Waals surface area contributed by atoms with E-state index in [1.54, 1.807) is 0 Å². The number of alkyl halides is 1. The van der Waals surface area contributed by atoms with Crippen molar-refractivity contribution in [2.24, 2.45) is 0 Å². The fourth-order valence-corrected chi connectivity index (χ4v) is 3.17. The molecule has 0 saturated heterocycles. The number of aromatic nitrogens is 4. The number of aromatic amines is 1. The van der Waals surface area contributed by atoms with Crippen molar-refractivity contribution in [3.63, 3.8) is 0 Å². The Bertz CT molecular complexity index is 1000. The quantitative estimate of drug-likeness (QED) is 0.738. The molecule has 0 aliphatic heterocycles. The molecule has 6 nitrogen and oxygen atoms in total. The number of hydrogen-bond acceptors (Lipinski definition) is 4. The monoisotopic (exact) mass is 396 g/mol. The Kier molecular flexibility index (Phi) is 3.24. The largest absolute Gasteiger partial charge is 0.468 e. The lowest BCUT2D eigenvalue weighted by atomic mass is 10.1. The molecule has 24 heavy (non-hydrogen) atoms. The highest BCUT2D eigenvalue weighted by molar-refractivity contribution is 9.10. The Morgan fingerprint density at radius 1 is 1.42 bits per heavy atom. The summed E-state index contributed by atoms with van der Waals surface area (Å²) in [5.74, 6) is -0.639. The van der Waals surface area contributed by atoms with Gasteiger partial charge in [0.15, 0.2) is 5.65 Å². The summed E-state index contributed by atoms with van der Waals surface area (Å²) in [5, 5.41) is 4.31.